The zero-order valence-electron chi connectivity index (χ0n) is 10.3. The van der Waals surface area contributed by atoms with E-state index in [-0.39, 0.29) is 11.4 Å². The van der Waals surface area contributed by atoms with E-state index in [1.807, 2.05) is 24.3 Å². The van der Waals surface area contributed by atoms with Crippen molar-refractivity contribution in [2.75, 3.05) is 11.1 Å². The molecule has 0 amide bonds. The summed E-state index contributed by atoms with van der Waals surface area (Å²) in [5.41, 5.74) is 7.37. The molecule has 96 valence electrons. The summed E-state index contributed by atoms with van der Waals surface area (Å²) in [6.07, 6.45) is 2.80. The summed E-state index contributed by atoms with van der Waals surface area (Å²) >= 11 is 0. The Balaban J connectivity index is 1.75. The highest BCUT2D eigenvalue weighted by molar-refractivity contribution is 5.55. The molecule has 0 saturated heterocycles. The number of benzene rings is 1. The van der Waals surface area contributed by atoms with E-state index in [2.05, 4.69) is 26.6 Å². The zero-order chi connectivity index (χ0) is 13.3. The van der Waals surface area contributed by atoms with E-state index in [0.29, 0.717) is 5.95 Å². The first-order valence-corrected chi connectivity index (χ1v) is 6.14. The van der Waals surface area contributed by atoms with Gasteiger partial charge in [0.2, 0.25) is 11.9 Å². The molecule has 1 aliphatic carbocycles. The Labute approximate surface area is 110 Å². The van der Waals surface area contributed by atoms with Crippen LogP contribution in [0.15, 0.2) is 24.3 Å². The fourth-order valence-electron chi connectivity index (χ4n) is 2.09. The summed E-state index contributed by atoms with van der Waals surface area (Å²) in [6.45, 7) is 0. The van der Waals surface area contributed by atoms with Gasteiger partial charge in [0.05, 0.1) is 11.5 Å². The smallest absolute Gasteiger partial charge is 0.248 e. The van der Waals surface area contributed by atoms with Crippen LogP contribution in [0.2, 0.25) is 0 Å². The lowest BCUT2D eigenvalue weighted by atomic mass is 9.98. The van der Waals surface area contributed by atoms with E-state index in [4.69, 9.17) is 11.0 Å². The van der Waals surface area contributed by atoms with Gasteiger partial charge in [-0.15, -0.1) is 5.10 Å². The first kappa shape index (κ1) is 11.5. The lowest BCUT2D eigenvalue weighted by molar-refractivity contribution is 0.665. The van der Waals surface area contributed by atoms with Gasteiger partial charge in [0, 0.05) is 5.69 Å². The predicted molar refractivity (Wildman–Crippen MR) is 71.5 cm³/mol. The Morgan fingerprint density at radius 3 is 2.95 bits per heavy atom. The Morgan fingerprint density at radius 1 is 1.47 bits per heavy atom. The van der Waals surface area contributed by atoms with E-state index in [0.717, 1.165) is 30.5 Å². The second-order valence-electron chi connectivity index (χ2n) is 4.94. The number of nitriles is 1. The minimum Gasteiger partial charge on any atom is -0.368 e. The number of H-pyrrole nitrogens is 1. The highest BCUT2D eigenvalue weighted by Crippen LogP contribution is 2.47. The van der Waals surface area contributed by atoms with Crippen molar-refractivity contribution < 1.29 is 0 Å². The first-order valence-electron chi connectivity index (χ1n) is 6.14. The van der Waals surface area contributed by atoms with Gasteiger partial charge in [-0.25, -0.2) is 5.10 Å². The maximum atomic E-state index is 9.12. The molecule has 1 aliphatic rings. The molecule has 1 aromatic carbocycles. The Bertz CT molecular complexity index is 635. The number of anilines is 3. The summed E-state index contributed by atoms with van der Waals surface area (Å²) in [6, 6.07) is 10.4. The van der Waals surface area contributed by atoms with Crippen LogP contribution in [0.5, 0.6) is 0 Å². The van der Waals surface area contributed by atoms with Crippen LogP contribution in [-0.2, 0) is 6.42 Å². The Hall–Kier alpha value is -2.55. The summed E-state index contributed by atoms with van der Waals surface area (Å²) in [5.74, 6) is 0.719. The average Bonchev–Trinajstić information content (AvgIpc) is 3.06. The van der Waals surface area contributed by atoms with Gasteiger partial charge < -0.3 is 11.1 Å². The fourth-order valence-corrected chi connectivity index (χ4v) is 2.09. The molecule has 2 aromatic rings. The maximum absolute atomic E-state index is 9.12. The van der Waals surface area contributed by atoms with Gasteiger partial charge in [-0.05, 0) is 37.0 Å². The second-order valence-corrected chi connectivity index (χ2v) is 4.94. The maximum Gasteiger partial charge on any atom is 0.248 e. The molecule has 0 aliphatic heterocycles. The minimum absolute atomic E-state index is 0.131. The van der Waals surface area contributed by atoms with E-state index in [1.54, 1.807) is 0 Å². The third kappa shape index (κ3) is 2.50. The third-order valence-electron chi connectivity index (χ3n) is 3.32. The van der Waals surface area contributed by atoms with Crippen LogP contribution < -0.4 is 11.1 Å². The zero-order valence-corrected chi connectivity index (χ0v) is 10.3. The van der Waals surface area contributed by atoms with E-state index in [9.17, 15) is 0 Å². The largest absolute Gasteiger partial charge is 0.368 e. The molecule has 6 heteroatoms. The molecular formula is C13H14N6. The number of aromatic nitrogens is 3. The van der Waals surface area contributed by atoms with Crippen molar-refractivity contribution in [2.45, 2.75) is 19.3 Å². The molecule has 0 radical (unpaired) electrons. The topological polar surface area (TPSA) is 103 Å². The van der Waals surface area contributed by atoms with Crippen molar-refractivity contribution in [1.29, 1.82) is 5.26 Å². The minimum atomic E-state index is -0.131. The molecule has 0 unspecified atom stereocenters. The lowest BCUT2D eigenvalue weighted by Gasteiger charge is -2.08. The van der Waals surface area contributed by atoms with Gasteiger partial charge in [-0.3, -0.25) is 0 Å². The molecule has 1 aromatic heterocycles. The molecule has 0 bridgehead atoms. The van der Waals surface area contributed by atoms with Crippen LogP contribution in [0.4, 0.5) is 17.6 Å². The second kappa shape index (κ2) is 4.28. The third-order valence-corrected chi connectivity index (χ3v) is 3.32. The lowest BCUT2D eigenvalue weighted by Crippen LogP contribution is -2.02. The number of nitrogens with one attached hydrogen (secondary N) is 2. The number of rotatable bonds is 4. The van der Waals surface area contributed by atoms with Crippen molar-refractivity contribution in [3.05, 3.63) is 29.8 Å². The Morgan fingerprint density at radius 2 is 2.32 bits per heavy atom. The van der Waals surface area contributed by atoms with Gasteiger partial charge in [-0.2, -0.15) is 10.2 Å². The van der Waals surface area contributed by atoms with Crippen molar-refractivity contribution in [3.63, 3.8) is 0 Å². The Kier molecular flexibility index (Phi) is 2.60. The van der Waals surface area contributed by atoms with Crippen LogP contribution >= 0.6 is 0 Å². The number of nitrogens with two attached hydrogens (primary N) is 1. The van der Waals surface area contributed by atoms with E-state index < -0.39 is 0 Å². The number of hydrogen-bond acceptors (Lipinski definition) is 5. The molecule has 1 saturated carbocycles. The normalized spacial score (nSPS) is 15.7. The molecule has 0 spiro atoms. The molecule has 19 heavy (non-hydrogen) atoms. The molecule has 4 N–H and O–H groups in total. The summed E-state index contributed by atoms with van der Waals surface area (Å²) in [5, 5.41) is 18.7. The molecule has 1 fully saturated rings. The quantitative estimate of drug-likeness (QED) is 0.774. The van der Waals surface area contributed by atoms with Crippen LogP contribution in [0.3, 0.4) is 0 Å². The van der Waals surface area contributed by atoms with Gasteiger partial charge in [-0.1, -0.05) is 12.1 Å². The average molecular weight is 254 g/mol. The fraction of sp³-hybridized carbons (Fsp3) is 0.308. The summed E-state index contributed by atoms with van der Waals surface area (Å²) in [7, 11) is 0. The van der Waals surface area contributed by atoms with E-state index in [1.165, 1.54) is 0 Å². The van der Waals surface area contributed by atoms with Gasteiger partial charge in [0.15, 0.2) is 0 Å². The van der Waals surface area contributed by atoms with Crippen LogP contribution in [0.25, 0.3) is 0 Å². The SMILES string of the molecule is N#CC1(Cc2cccc(Nc3n[nH]c(N)n3)c2)CC1. The van der Waals surface area contributed by atoms with E-state index >= 15 is 0 Å². The summed E-state index contributed by atoms with van der Waals surface area (Å²) in [4.78, 5) is 3.99. The van der Waals surface area contributed by atoms with Crippen molar-refractivity contribution in [2.24, 2.45) is 5.41 Å². The van der Waals surface area contributed by atoms with Crippen molar-refractivity contribution in [3.8, 4) is 6.07 Å². The molecule has 6 nitrogen and oxygen atoms in total. The highest BCUT2D eigenvalue weighted by Gasteiger charge is 2.42. The molecule has 1 heterocycles. The van der Waals surface area contributed by atoms with Crippen molar-refractivity contribution in [1.82, 2.24) is 15.2 Å². The predicted octanol–water partition coefficient (Wildman–Crippen LogP) is 1.98. The molecular weight excluding hydrogens is 240 g/mol. The van der Waals surface area contributed by atoms with Crippen LogP contribution in [-0.4, -0.2) is 15.2 Å². The number of aromatic amines is 1. The van der Waals surface area contributed by atoms with Gasteiger partial charge in [0.25, 0.3) is 0 Å². The standard InChI is InChI=1S/C13H14N6/c14-8-13(4-5-13)7-9-2-1-3-10(6-9)16-12-17-11(15)18-19-12/h1-3,6H,4-5,7H2,(H4,15,16,17,18,19). The number of hydrogen-bond donors (Lipinski definition) is 3. The van der Waals surface area contributed by atoms with Crippen molar-refractivity contribution >= 4 is 17.6 Å². The first-order chi connectivity index (χ1) is 9.19. The van der Waals surface area contributed by atoms with Crippen LogP contribution in [0, 0.1) is 16.7 Å². The van der Waals surface area contributed by atoms with Gasteiger partial charge in [0.1, 0.15) is 0 Å². The number of nitrogen functional groups attached to an aromatic ring is 1. The monoisotopic (exact) mass is 254 g/mol. The molecule has 3 rings (SSSR count). The van der Waals surface area contributed by atoms with Gasteiger partial charge >= 0.3 is 0 Å². The highest BCUT2D eigenvalue weighted by atomic mass is 15.3. The molecule has 0 atom stereocenters. The number of nitrogens with zero attached hydrogens (tertiary/aromatic N) is 3. The van der Waals surface area contributed by atoms with Crippen LogP contribution in [0.1, 0.15) is 18.4 Å². The summed E-state index contributed by atoms with van der Waals surface area (Å²) < 4.78 is 0.